The largest absolute Gasteiger partial charge is 0.454 e. The molecule has 0 saturated heterocycles. The van der Waals surface area contributed by atoms with Crippen LogP contribution in [0.15, 0.2) is 27.7 Å². The zero-order valence-corrected chi connectivity index (χ0v) is 14.9. The number of carbonyl (C=O) groups excluding carboxylic acids is 1. The van der Waals surface area contributed by atoms with Crippen LogP contribution < -0.4 is 5.56 Å². The fourth-order valence-corrected chi connectivity index (χ4v) is 4.51. The molecule has 0 unspecified atom stereocenters. The molecule has 0 aromatic carbocycles. The third kappa shape index (κ3) is 2.67. The second-order valence-electron chi connectivity index (χ2n) is 6.16. The maximum Gasteiger partial charge on any atom is 0.309 e. The lowest BCUT2D eigenvalue weighted by molar-refractivity contribution is -0.150. The molecule has 1 aliphatic rings. The van der Waals surface area contributed by atoms with Gasteiger partial charge in [-0.2, -0.15) is 0 Å². The number of esters is 1. The number of nitrogens with zero attached hydrogens (tertiary/aromatic N) is 1. The molecule has 1 N–H and O–H groups in total. The molecule has 0 spiro atoms. The lowest BCUT2D eigenvalue weighted by Gasteiger charge is -2.12. The topological polar surface area (TPSA) is 72.0 Å². The van der Waals surface area contributed by atoms with E-state index in [2.05, 4.69) is 9.97 Å². The first kappa shape index (κ1) is 15.5. The summed E-state index contributed by atoms with van der Waals surface area (Å²) < 4.78 is 5.45. The maximum absolute atomic E-state index is 12.5. The van der Waals surface area contributed by atoms with Gasteiger partial charge in [-0.25, -0.2) is 4.98 Å². The predicted molar refractivity (Wildman–Crippen MR) is 95.3 cm³/mol. The number of fused-ring (bicyclic) bond motifs is 1. The van der Waals surface area contributed by atoms with Gasteiger partial charge in [0.2, 0.25) is 0 Å². The van der Waals surface area contributed by atoms with Crippen LogP contribution in [-0.2, 0) is 9.53 Å². The molecule has 0 bridgehead atoms. The number of hydrogen-bond donors (Lipinski definition) is 1. The second-order valence-corrected chi connectivity index (χ2v) is 7.96. The van der Waals surface area contributed by atoms with E-state index >= 15 is 0 Å². The van der Waals surface area contributed by atoms with Gasteiger partial charge in [-0.05, 0) is 30.7 Å². The van der Waals surface area contributed by atoms with Gasteiger partial charge in [0.15, 0.2) is 11.9 Å². The summed E-state index contributed by atoms with van der Waals surface area (Å²) in [6.45, 7) is 3.77. The summed E-state index contributed by atoms with van der Waals surface area (Å²) in [4.78, 5) is 33.5. The highest BCUT2D eigenvalue weighted by Crippen LogP contribution is 2.39. The van der Waals surface area contributed by atoms with Crippen molar-refractivity contribution < 1.29 is 9.53 Å². The van der Waals surface area contributed by atoms with E-state index in [-0.39, 0.29) is 17.4 Å². The van der Waals surface area contributed by atoms with E-state index in [4.69, 9.17) is 4.74 Å². The third-order valence-corrected chi connectivity index (χ3v) is 6.11. The molecular weight excluding hydrogens is 344 g/mol. The van der Waals surface area contributed by atoms with Crippen LogP contribution in [0.3, 0.4) is 0 Å². The van der Waals surface area contributed by atoms with Crippen LogP contribution in [-0.4, -0.2) is 15.9 Å². The van der Waals surface area contributed by atoms with Crippen molar-refractivity contribution in [3.8, 4) is 10.4 Å². The summed E-state index contributed by atoms with van der Waals surface area (Å²) in [5, 5.41) is 4.53. The van der Waals surface area contributed by atoms with Crippen LogP contribution in [0.25, 0.3) is 20.7 Å². The predicted octanol–water partition coefficient (Wildman–Crippen LogP) is 3.97. The van der Waals surface area contributed by atoms with E-state index in [0.29, 0.717) is 22.0 Å². The zero-order valence-electron chi connectivity index (χ0n) is 13.2. The Morgan fingerprint density at radius 3 is 2.92 bits per heavy atom. The van der Waals surface area contributed by atoms with Crippen LogP contribution in [0.4, 0.5) is 0 Å². The van der Waals surface area contributed by atoms with Crippen molar-refractivity contribution in [3.63, 3.8) is 0 Å². The zero-order chi connectivity index (χ0) is 16.8. The number of carbonyl (C=O) groups is 1. The summed E-state index contributed by atoms with van der Waals surface area (Å²) in [7, 11) is 0. The van der Waals surface area contributed by atoms with Crippen molar-refractivity contribution in [2.24, 2.45) is 11.8 Å². The molecule has 7 heteroatoms. The second kappa shape index (κ2) is 5.82. The van der Waals surface area contributed by atoms with Gasteiger partial charge in [-0.15, -0.1) is 22.7 Å². The van der Waals surface area contributed by atoms with Gasteiger partial charge in [0, 0.05) is 15.8 Å². The molecule has 1 aliphatic carbocycles. The smallest absolute Gasteiger partial charge is 0.309 e. The molecule has 3 atom stereocenters. The minimum atomic E-state index is -0.560. The number of aromatic amines is 1. The number of aromatic nitrogens is 2. The van der Waals surface area contributed by atoms with E-state index in [1.807, 2.05) is 29.8 Å². The Hall–Kier alpha value is -1.99. The Balaban J connectivity index is 1.66. The molecule has 4 rings (SSSR count). The van der Waals surface area contributed by atoms with Crippen molar-refractivity contribution in [2.75, 3.05) is 0 Å². The Kier molecular flexibility index (Phi) is 3.77. The minimum absolute atomic E-state index is 0.00456. The van der Waals surface area contributed by atoms with Crippen LogP contribution in [0.2, 0.25) is 0 Å². The molecule has 124 valence electrons. The molecule has 1 fully saturated rings. The molecule has 3 aromatic heterocycles. The fourth-order valence-electron chi connectivity index (χ4n) is 2.74. The van der Waals surface area contributed by atoms with E-state index in [1.165, 1.54) is 11.3 Å². The molecule has 1 saturated carbocycles. The summed E-state index contributed by atoms with van der Waals surface area (Å²) in [5.74, 6) is 0.580. The highest BCUT2D eigenvalue weighted by Gasteiger charge is 2.41. The van der Waals surface area contributed by atoms with Gasteiger partial charge in [0.1, 0.15) is 4.83 Å². The quantitative estimate of drug-likeness (QED) is 0.715. The minimum Gasteiger partial charge on any atom is -0.454 e. The molecule has 24 heavy (non-hydrogen) atoms. The van der Waals surface area contributed by atoms with Gasteiger partial charge in [-0.3, -0.25) is 9.59 Å². The van der Waals surface area contributed by atoms with Gasteiger partial charge in [0.05, 0.1) is 11.3 Å². The summed E-state index contributed by atoms with van der Waals surface area (Å²) in [6, 6.07) is 3.95. The SMILES string of the molecule is C[C@H](OC(=O)[C@@H]1C[C@@H]1C)c1nc2scc(-c3cccs3)c2c(=O)[nH]1. The number of nitrogens with one attached hydrogen (secondary N) is 1. The van der Waals surface area contributed by atoms with Gasteiger partial charge >= 0.3 is 5.97 Å². The molecular formula is C17H16N2O3S2. The maximum atomic E-state index is 12.5. The lowest BCUT2D eigenvalue weighted by atomic mass is 10.2. The number of H-pyrrole nitrogens is 1. The highest BCUT2D eigenvalue weighted by molar-refractivity contribution is 7.18. The van der Waals surface area contributed by atoms with Crippen molar-refractivity contribution in [3.05, 3.63) is 39.1 Å². The number of rotatable bonds is 4. The summed E-state index contributed by atoms with van der Waals surface area (Å²) in [5.41, 5.74) is 0.712. The standard InChI is InChI=1S/C17H16N2O3S2/c1-8-6-10(8)17(21)22-9(2)14-18-15(20)13-11(7-24-16(13)19-14)12-4-3-5-23-12/h3-5,7-10H,6H2,1-2H3,(H,18,19,20)/t8-,9-,10+/m0/s1. The van der Waals surface area contributed by atoms with E-state index in [1.54, 1.807) is 18.3 Å². The Morgan fingerprint density at radius 1 is 1.46 bits per heavy atom. The average molecular weight is 360 g/mol. The molecule has 0 radical (unpaired) electrons. The Morgan fingerprint density at radius 2 is 2.25 bits per heavy atom. The van der Waals surface area contributed by atoms with Crippen molar-refractivity contribution in [1.29, 1.82) is 0 Å². The van der Waals surface area contributed by atoms with E-state index in [0.717, 1.165) is 16.9 Å². The van der Waals surface area contributed by atoms with E-state index < -0.39 is 6.10 Å². The monoisotopic (exact) mass is 360 g/mol. The van der Waals surface area contributed by atoms with Gasteiger partial charge in [-0.1, -0.05) is 13.0 Å². The highest BCUT2D eigenvalue weighted by atomic mass is 32.1. The van der Waals surface area contributed by atoms with Gasteiger partial charge < -0.3 is 9.72 Å². The fraction of sp³-hybridized carbons (Fsp3) is 0.353. The van der Waals surface area contributed by atoms with E-state index in [9.17, 15) is 9.59 Å². The molecule has 0 aliphatic heterocycles. The molecule has 5 nitrogen and oxygen atoms in total. The third-order valence-electron chi connectivity index (χ3n) is 4.34. The number of ether oxygens (including phenoxy) is 1. The molecule has 3 heterocycles. The van der Waals surface area contributed by atoms with Crippen molar-refractivity contribution in [2.45, 2.75) is 26.4 Å². The van der Waals surface area contributed by atoms with Crippen LogP contribution in [0, 0.1) is 11.8 Å². The van der Waals surface area contributed by atoms with Gasteiger partial charge in [0.25, 0.3) is 5.56 Å². The Labute approximate surface area is 146 Å². The van der Waals surface area contributed by atoms with Crippen LogP contribution >= 0.6 is 22.7 Å². The first-order valence-electron chi connectivity index (χ1n) is 7.80. The molecule has 0 amide bonds. The normalized spacial score (nSPS) is 20.9. The lowest BCUT2D eigenvalue weighted by Crippen LogP contribution is -2.18. The van der Waals surface area contributed by atoms with Crippen LogP contribution in [0.1, 0.15) is 32.2 Å². The number of thiophene rings is 2. The van der Waals surface area contributed by atoms with Crippen LogP contribution in [0.5, 0.6) is 0 Å². The molecule has 3 aromatic rings. The summed E-state index contributed by atoms with van der Waals surface area (Å²) in [6.07, 6.45) is 0.318. The first-order valence-corrected chi connectivity index (χ1v) is 9.56. The first-order chi connectivity index (χ1) is 11.5. The van der Waals surface area contributed by atoms with Crippen molar-refractivity contribution in [1.82, 2.24) is 9.97 Å². The summed E-state index contributed by atoms with van der Waals surface area (Å²) >= 11 is 3.02. The van der Waals surface area contributed by atoms with Crippen molar-refractivity contribution >= 4 is 38.9 Å². The average Bonchev–Trinajstić information content (AvgIpc) is 2.95. The Bertz CT molecular complexity index is 958. The number of hydrogen-bond acceptors (Lipinski definition) is 6.